The molecule has 2 aliphatic heterocycles. The van der Waals surface area contributed by atoms with Crippen molar-refractivity contribution in [1.82, 2.24) is 19.4 Å². The molecule has 188 valence electrons. The lowest BCUT2D eigenvalue weighted by atomic mass is 10.3. The number of fused-ring (bicyclic) bond motifs is 1. The number of anilines is 2. The number of hydrogen-bond donors (Lipinski definition) is 1. The number of nitrogens with one attached hydrogen (secondary N) is 1. The third kappa shape index (κ3) is 4.91. The molecule has 1 aromatic rings. The molecule has 3 heterocycles. The Hall–Kier alpha value is -3.02. The second-order valence-electron chi connectivity index (χ2n) is 7.56. The monoisotopic (exact) mass is 488 g/mol. The summed E-state index contributed by atoms with van der Waals surface area (Å²) in [6.45, 7) is 5.55. The summed E-state index contributed by atoms with van der Waals surface area (Å²) in [5.41, 5.74) is -1.60. The number of hydroxylamine groups is 1. The minimum atomic E-state index is -5.28. The quantitative estimate of drug-likeness (QED) is 0.400. The number of carbonyl (C=O) groups is 1. The molecule has 0 aromatic carbocycles. The molecule has 2 aliphatic rings. The van der Waals surface area contributed by atoms with E-state index in [1.54, 1.807) is 18.7 Å². The molecule has 34 heavy (non-hydrogen) atoms. The number of carbonyl (C=O) groups excluding carboxylic acids is 1. The van der Waals surface area contributed by atoms with Crippen LogP contribution in [0.15, 0.2) is 9.59 Å². The van der Waals surface area contributed by atoms with Crippen molar-refractivity contribution in [1.29, 1.82) is 0 Å². The maximum absolute atomic E-state index is 13.4. The van der Waals surface area contributed by atoms with Crippen LogP contribution in [0.3, 0.4) is 0 Å². The minimum absolute atomic E-state index is 0.0446. The molecular weight excluding hydrogens is 461 g/mol. The molecule has 0 bridgehead atoms. The standard InChI is InChI=1S/C20H27F3N6O5/c1-4-6-9-27-14-15(25(3)19(32)28(16(14)30)12-13-33-5-2)29(34-17(31)20(21,22)23)18(27)26-10-7-24-8-11-26/h18,24H,5,7-13H2,1-3H3. The van der Waals surface area contributed by atoms with Crippen LogP contribution in [-0.4, -0.2) is 78.4 Å². The summed E-state index contributed by atoms with van der Waals surface area (Å²) in [7, 11) is 1.30. The molecule has 0 radical (unpaired) electrons. The summed E-state index contributed by atoms with van der Waals surface area (Å²) in [6, 6.07) is 0. The summed E-state index contributed by atoms with van der Waals surface area (Å²) in [5.74, 6) is 2.81. The zero-order chi connectivity index (χ0) is 25.0. The van der Waals surface area contributed by atoms with Gasteiger partial charge in [-0.25, -0.2) is 9.59 Å². The molecule has 1 atom stereocenters. The molecule has 3 rings (SSSR count). The Bertz CT molecular complexity index is 1080. The Balaban J connectivity index is 2.21. The first-order valence-electron chi connectivity index (χ1n) is 10.7. The van der Waals surface area contributed by atoms with E-state index in [0.717, 1.165) is 9.13 Å². The average Bonchev–Trinajstić information content (AvgIpc) is 3.12. The van der Waals surface area contributed by atoms with Gasteiger partial charge in [-0.05, 0) is 13.8 Å². The van der Waals surface area contributed by atoms with Crippen LogP contribution in [0, 0.1) is 11.8 Å². The number of hydrogen-bond acceptors (Lipinski definition) is 9. The first-order chi connectivity index (χ1) is 16.1. The lowest BCUT2D eigenvalue weighted by molar-refractivity contribution is -0.203. The van der Waals surface area contributed by atoms with Crippen LogP contribution < -0.4 is 26.5 Å². The van der Waals surface area contributed by atoms with Gasteiger partial charge in [0.1, 0.15) is 0 Å². The van der Waals surface area contributed by atoms with Crippen molar-refractivity contribution in [3.63, 3.8) is 0 Å². The highest BCUT2D eigenvalue weighted by Gasteiger charge is 2.50. The number of aromatic nitrogens is 2. The average molecular weight is 488 g/mol. The summed E-state index contributed by atoms with van der Waals surface area (Å²) in [6.07, 6.45) is -6.39. The van der Waals surface area contributed by atoms with E-state index in [0.29, 0.717) is 37.8 Å². The van der Waals surface area contributed by atoms with Crippen LogP contribution in [0.1, 0.15) is 13.8 Å². The van der Waals surface area contributed by atoms with Gasteiger partial charge in [-0.1, -0.05) is 5.92 Å². The van der Waals surface area contributed by atoms with Crippen LogP contribution >= 0.6 is 0 Å². The van der Waals surface area contributed by atoms with Crippen molar-refractivity contribution in [2.45, 2.75) is 32.9 Å². The smallest absolute Gasteiger partial charge is 0.380 e. The molecule has 1 aromatic heterocycles. The van der Waals surface area contributed by atoms with E-state index >= 15 is 0 Å². The Morgan fingerprint density at radius 2 is 1.91 bits per heavy atom. The van der Waals surface area contributed by atoms with Crippen LogP contribution in [0.2, 0.25) is 0 Å². The molecule has 0 amide bonds. The third-order valence-electron chi connectivity index (χ3n) is 5.46. The van der Waals surface area contributed by atoms with Gasteiger partial charge in [0.05, 0.1) is 19.7 Å². The Morgan fingerprint density at radius 3 is 2.50 bits per heavy atom. The second-order valence-corrected chi connectivity index (χ2v) is 7.56. The molecular formula is C20H27F3N6O5. The first kappa shape index (κ1) is 25.6. The number of piperazine rings is 1. The largest absolute Gasteiger partial charge is 0.493 e. The maximum atomic E-state index is 13.4. The maximum Gasteiger partial charge on any atom is 0.493 e. The van der Waals surface area contributed by atoms with Gasteiger partial charge >= 0.3 is 17.8 Å². The number of nitrogens with zero attached hydrogens (tertiary/aromatic N) is 5. The van der Waals surface area contributed by atoms with Crippen molar-refractivity contribution < 1.29 is 27.5 Å². The van der Waals surface area contributed by atoms with Crippen molar-refractivity contribution in [3.8, 4) is 11.8 Å². The van der Waals surface area contributed by atoms with Crippen molar-refractivity contribution in [2.24, 2.45) is 7.05 Å². The number of alkyl halides is 3. The minimum Gasteiger partial charge on any atom is -0.380 e. The second kappa shape index (κ2) is 10.5. The van der Waals surface area contributed by atoms with Gasteiger partial charge < -0.3 is 19.8 Å². The lowest BCUT2D eigenvalue weighted by Crippen LogP contribution is -2.61. The van der Waals surface area contributed by atoms with Gasteiger partial charge in [0.25, 0.3) is 5.56 Å². The molecule has 1 unspecified atom stereocenters. The molecule has 1 N–H and O–H groups in total. The van der Waals surface area contributed by atoms with Crippen molar-refractivity contribution in [2.75, 3.05) is 55.9 Å². The third-order valence-corrected chi connectivity index (χ3v) is 5.46. The predicted octanol–water partition coefficient (Wildman–Crippen LogP) is -0.557. The van der Waals surface area contributed by atoms with Crippen molar-refractivity contribution >= 4 is 17.5 Å². The SMILES string of the molecule is CC#CCN1c2c(n(C)c(=O)n(CCOCC)c2=O)N(OC(=O)C(F)(F)F)C1N1CCNCC1. The van der Waals surface area contributed by atoms with E-state index in [1.165, 1.54) is 11.9 Å². The molecule has 1 saturated heterocycles. The fourth-order valence-corrected chi connectivity index (χ4v) is 3.91. The zero-order valence-corrected chi connectivity index (χ0v) is 19.1. The van der Waals surface area contributed by atoms with E-state index in [4.69, 9.17) is 9.57 Å². The fraction of sp³-hybridized carbons (Fsp3) is 0.650. The zero-order valence-electron chi connectivity index (χ0n) is 19.1. The van der Waals surface area contributed by atoms with Gasteiger partial charge in [0.2, 0.25) is 0 Å². The predicted molar refractivity (Wildman–Crippen MR) is 116 cm³/mol. The summed E-state index contributed by atoms with van der Waals surface area (Å²) in [4.78, 5) is 46.3. The summed E-state index contributed by atoms with van der Waals surface area (Å²) >= 11 is 0. The molecule has 1 fully saturated rings. The highest BCUT2D eigenvalue weighted by atomic mass is 19.4. The van der Waals surface area contributed by atoms with Gasteiger partial charge in [0, 0.05) is 39.8 Å². The lowest BCUT2D eigenvalue weighted by Gasteiger charge is -2.40. The van der Waals surface area contributed by atoms with Crippen LogP contribution in [-0.2, 0) is 28.0 Å². The van der Waals surface area contributed by atoms with Gasteiger partial charge in [0.15, 0.2) is 17.8 Å². The molecule has 14 heteroatoms. The highest BCUT2D eigenvalue weighted by molar-refractivity contribution is 5.80. The van der Waals surface area contributed by atoms with Gasteiger partial charge in [-0.3, -0.25) is 18.8 Å². The van der Waals surface area contributed by atoms with E-state index in [-0.39, 0.29) is 31.2 Å². The van der Waals surface area contributed by atoms with E-state index in [1.807, 2.05) is 0 Å². The van der Waals surface area contributed by atoms with E-state index < -0.39 is 29.7 Å². The van der Waals surface area contributed by atoms with Crippen LogP contribution in [0.4, 0.5) is 24.7 Å². The molecule has 0 spiro atoms. The number of ether oxygens (including phenoxy) is 1. The number of halogens is 3. The molecule has 0 aliphatic carbocycles. The van der Waals surface area contributed by atoms with Gasteiger partial charge in [-0.15, -0.1) is 11.0 Å². The molecule has 0 saturated carbocycles. The van der Waals surface area contributed by atoms with E-state index in [9.17, 15) is 27.6 Å². The molecule has 11 nitrogen and oxygen atoms in total. The highest BCUT2D eigenvalue weighted by Crippen LogP contribution is 2.38. The fourth-order valence-electron chi connectivity index (χ4n) is 3.91. The summed E-state index contributed by atoms with van der Waals surface area (Å²) < 4.78 is 46.6. The topological polar surface area (TPSA) is 101 Å². The van der Waals surface area contributed by atoms with Gasteiger partial charge in [-0.2, -0.15) is 13.2 Å². The normalized spacial score (nSPS) is 18.5. The van der Waals surface area contributed by atoms with Crippen molar-refractivity contribution in [3.05, 3.63) is 20.8 Å². The first-order valence-corrected chi connectivity index (χ1v) is 10.7. The summed E-state index contributed by atoms with van der Waals surface area (Å²) in [5, 5.41) is 3.84. The Labute approximate surface area is 193 Å². The Kier molecular flexibility index (Phi) is 7.90. The number of rotatable bonds is 7. The van der Waals surface area contributed by atoms with Crippen LogP contribution in [0.25, 0.3) is 0 Å². The van der Waals surface area contributed by atoms with E-state index in [2.05, 4.69) is 17.2 Å². The Morgan fingerprint density at radius 1 is 1.24 bits per heavy atom. The van der Waals surface area contributed by atoms with Crippen LogP contribution in [0.5, 0.6) is 0 Å².